The maximum absolute atomic E-state index is 12.7. The summed E-state index contributed by atoms with van der Waals surface area (Å²) in [4.78, 5) is 26.1. The van der Waals surface area contributed by atoms with Crippen LogP contribution in [0.2, 0.25) is 0 Å². The fourth-order valence-corrected chi connectivity index (χ4v) is 3.44. The first-order valence-electron chi connectivity index (χ1n) is 10.0. The molecule has 5 nitrogen and oxygen atoms in total. The lowest BCUT2D eigenvalue weighted by molar-refractivity contribution is -0.146. The van der Waals surface area contributed by atoms with Gasteiger partial charge in [-0.05, 0) is 37.1 Å². The zero-order valence-corrected chi connectivity index (χ0v) is 17.2. The van der Waals surface area contributed by atoms with E-state index in [2.05, 4.69) is 0 Å². The first kappa shape index (κ1) is 22.7. The molecule has 2 aromatic carbocycles. The van der Waals surface area contributed by atoms with Crippen LogP contribution in [0.4, 0.5) is 13.2 Å². The van der Waals surface area contributed by atoms with Gasteiger partial charge in [-0.2, -0.15) is 13.2 Å². The number of amides is 1. The SMILES string of the molecule is Cc1ccc(CN2C(=O)CCC2CC(=O)OCCOc2cccc(C(F)(F)F)c2)cc1. The standard InChI is InChI=1S/C23H24F3NO4/c1-16-5-7-17(8-6-16)15-27-19(9-10-21(27)28)14-22(29)31-12-11-30-20-4-2-3-18(13-20)23(24,25)26/h2-8,13,19H,9-12,14-15H2,1H3. The molecule has 1 amide bonds. The number of esters is 1. The van der Waals surface area contributed by atoms with Crippen LogP contribution >= 0.6 is 0 Å². The Labute approximate surface area is 178 Å². The molecule has 1 unspecified atom stereocenters. The minimum Gasteiger partial charge on any atom is -0.490 e. The smallest absolute Gasteiger partial charge is 0.416 e. The Bertz CT molecular complexity index is 912. The Hall–Kier alpha value is -3.03. The van der Waals surface area contributed by atoms with Crippen LogP contribution in [-0.4, -0.2) is 36.0 Å². The van der Waals surface area contributed by atoms with Gasteiger partial charge in [0.15, 0.2) is 0 Å². The monoisotopic (exact) mass is 435 g/mol. The number of carbonyl (C=O) groups is 2. The number of ether oxygens (including phenoxy) is 2. The third-order valence-corrected chi connectivity index (χ3v) is 5.10. The highest BCUT2D eigenvalue weighted by atomic mass is 19.4. The van der Waals surface area contributed by atoms with E-state index >= 15 is 0 Å². The Morgan fingerprint density at radius 2 is 1.87 bits per heavy atom. The van der Waals surface area contributed by atoms with Gasteiger partial charge in [0.1, 0.15) is 19.0 Å². The number of alkyl halides is 3. The summed E-state index contributed by atoms with van der Waals surface area (Å²) in [5.41, 5.74) is 1.32. The van der Waals surface area contributed by atoms with Crippen LogP contribution in [0.3, 0.4) is 0 Å². The molecule has 1 fully saturated rings. The molecular weight excluding hydrogens is 411 g/mol. The second kappa shape index (κ2) is 9.85. The van der Waals surface area contributed by atoms with Crippen LogP contribution in [0.15, 0.2) is 48.5 Å². The normalized spacial score (nSPS) is 16.5. The zero-order valence-electron chi connectivity index (χ0n) is 17.2. The summed E-state index contributed by atoms with van der Waals surface area (Å²) < 4.78 is 48.5. The van der Waals surface area contributed by atoms with Gasteiger partial charge in [-0.15, -0.1) is 0 Å². The van der Waals surface area contributed by atoms with Gasteiger partial charge < -0.3 is 14.4 Å². The van der Waals surface area contributed by atoms with E-state index < -0.39 is 17.7 Å². The topological polar surface area (TPSA) is 55.8 Å². The first-order valence-corrected chi connectivity index (χ1v) is 10.0. The number of aryl methyl sites for hydroxylation is 1. The van der Waals surface area contributed by atoms with Crippen LogP contribution < -0.4 is 4.74 Å². The molecule has 1 aliphatic heterocycles. The molecule has 0 saturated carbocycles. The van der Waals surface area contributed by atoms with E-state index in [1.165, 1.54) is 12.1 Å². The minimum absolute atomic E-state index is 0.00579. The van der Waals surface area contributed by atoms with Gasteiger partial charge in [-0.25, -0.2) is 0 Å². The molecule has 0 bridgehead atoms. The van der Waals surface area contributed by atoms with Gasteiger partial charge in [0.05, 0.1) is 12.0 Å². The molecule has 2 aromatic rings. The summed E-state index contributed by atoms with van der Waals surface area (Å²) in [6, 6.07) is 12.2. The van der Waals surface area contributed by atoms with Crippen LogP contribution in [0, 0.1) is 6.92 Å². The number of carbonyl (C=O) groups excluding carboxylic acids is 2. The van der Waals surface area contributed by atoms with Crippen LogP contribution in [-0.2, 0) is 27.0 Å². The van der Waals surface area contributed by atoms with Gasteiger partial charge in [-0.3, -0.25) is 9.59 Å². The van der Waals surface area contributed by atoms with E-state index in [-0.39, 0.29) is 37.3 Å². The molecule has 0 spiro atoms. The molecule has 0 radical (unpaired) electrons. The largest absolute Gasteiger partial charge is 0.490 e. The summed E-state index contributed by atoms with van der Waals surface area (Å²) in [7, 11) is 0. The van der Waals surface area contributed by atoms with Gasteiger partial charge in [0, 0.05) is 19.0 Å². The molecule has 166 valence electrons. The lowest BCUT2D eigenvalue weighted by atomic mass is 10.1. The highest BCUT2D eigenvalue weighted by Gasteiger charge is 2.33. The second-order valence-electron chi connectivity index (χ2n) is 7.50. The molecule has 3 rings (SSSR count). The molecule has 1 atom stereocenters. The van der Waals surface area contributed by atoms with Gasteiger partial charge in [0.2, 0.25) is 5.91 Å². The summed E-state index contributed by atoms with van der Waals surface area (Å²) in [5, 5.41) is 0. The number of rotatable bonds is 8. The Balaban J connectivity index is 1.44. The van der Waals surface area contributed by atoms with E-state index in [0.29, 0.717) is 19.4 Å². The van der Waals surface area contributed by atoms with Crippen molar-refractivity contribution in [1.82, 2.24) is 4.90 Å². The van der Waals surface area contributed by atoms with Gasteiger partial charge in [-0.1, -0.05) is 35.9 Å². The number of halogens is 3. The summed E-state index contributed by atoms with van der Waals surface area (Å²) in [6.07, 6.45) is -3.40. The summed E-state index contributed by atoms with van der Waals surface area (Å²) in [5.74, 6) is -0.413. The van der Waals surface area contributed by atoms with Crippen molar-refractivity contribution in [2.75, 3.05) is 13.2 Å². The van der Waals surface area contributed by atoms with E-state index in [0.717, 1.165) is 23.3 Å². The van der Waals surface area contributed by atoms with Gasteiger partial charge >= 0.3 is 12.1 Å². The molecule has 0 aliphatic carbocycles. The lowest BCUT2D eigenvalue weighted by Gasteiger charge is -2.24. The highest BCUT2D eigenvalue weighted by Crippen LogP contribution is 2.31. The van der Waals surface area contributed by atoms with Crippen molar-refractivity contribution in [2.24, 2.45) is 0 Å². The average Bonchev–Trinajstić information content (AvgIpc) is 3.06. The minimum atomic E-state index is -4.45. The van der Waals surface area contributed by atoms with E-state index in [1.54, 1.807) is 4.90 Å². The van der Waals surface area contributed by atoms with Crippen molar-refractivity contribution in [1.29, 1.82) is 0 Å². The van der Waals surface area contributed by atoms with Crippen molar-refractivity contribution < 1.29 is 32.2 Å². The Morgan fingerprint density at radius 1 is 1.13 bits per heavy atom. The van der Waals surface area contributed by atoms with Crippen molar-refractivity contribution in [3.63, 3.8) is 0 Å². The van der Waals surface area contributed by atoms with E-state index in [9.17, 15) is 22.8 Å². The van der Waals surface area contributed by atoms with E-state index in [4.69, 9.17) is 9.47 Å². The average molecular weight is 435 g/mol. The zero-order chi connectivity index (χ0) is 22.4. The molecule has 1 saturated heterocycles. The lowest BCUT2D eigenvalue weighted by Crippen LogP contribution is -2.34. The van der Waals surface area contributed by atoms with Crippen LogP contribution in [0.25, 0.3) is 0 Å². The van der Waals surface area contributed by atoms with Crippen LogP contribution in [0.1, 0.15) is 36.0 Å². The summed E-state index contributed by atoms with van der Waals surface area (Å²) in [6.45, 7) is 2.27. The third kappa shape index (κ3) is 6.47. The molecule has 1 heterocycles. The van der Waals surface area contributed by atoms with Crippen molar-refractivity contribution >= 4 is 11.9 Å². The molecule has 0 N–H and O–H groups in total. The predicted octanol–water partition coefficient (Wildman–Crippen LogP) is 4.52. The molecule has 31 heavy (non-hydrogen) atoms. The van der Waals surface area contributed by atoms with Gasteiger partial charge in [0.25, 0.3) is 0 Å². The fourth-order valence-electron chi connectivity index (χ4n) is 3.44. The fraction of sp³-hybridized carbons (Fsp3) is 0.391. The quantitative estimate of drug-likeness (QED) is 0.452. The van der Waals surface area contributed by atoms with Crippen LogP contribution in [0.5, 0.6) is 5.75 Å². The molecule has 8 heteroatoms. The third-order valence-electron chi connectivity index (χ3n) is 5.10. The molecule has 1 aliphatic rings. The maximum atomic E-state index is 12.7. The predicted molar refractivity (Wildman–Crippen MR) is 107 cm³/mol. The molecular formula is C23H24F3NO4. The number of benzene rings is 2. The number of hydrogen-bond acceptors (Lipinski definition) is 4. The number of nitrogens with zero attached hydrogens (tertiary/aromatic N) is 1. The number of hydrogen-bond donors (Lipinski definition) is 0. The first-order chi connectivity index (χ1) is 14.7. The Morgan fingerprint density at radius 3 is 2.58 bits per heavy atom. The molecule has 0 aromatic heterocycles. The van der Waals surface area contributed by atoms with Crippen molar-refractivity contribution in [3.05, 3.63) is 65.2 Å². The maximum Gasteiger partial charge on any atom is 0.416 e. The van der Waals surface area contributed by atoms with Crippen molar-refractivity contribution in [2.45, 2.75) is 44.9 Å². The highest BCUT2D eigenvalue weighted by molar-refractivity contribution is 5.80. The van der Waals surface area contributed by atoms with E-state index in [1.807, 2.05) is 31.2 Å². The second-order valence-corrected chi connectivity index (χ2v) is 7.50. The van der Waals surface area contributed by atoms with Crippen molar-refractivity contribution in [3.8, 4) is 5.75 Å². The Kier molecular flexibility index (Phi) is 7.20. The number of likely N-dealkylation sites (tertiary alicyclic amines) is 1. The summed E-state index contributed by atoms with van der Waals surface area (Å²) >= 11 is 0.